The molecule has 0 bridgehead atoms. The van der Waals surface area contributed by atoms with Crippen molar-refractivity contribution in [2.75, 3.05) is 26.2 Å². The first-order valence-corrected chi connectivity index (χ1v) is 6.38. The van der Waals surface area contributed by atoms with Crippen LogP contribution in [0.5, 0.6) is 17.2 Å². The molecule has 0 fully saturated rings. The van der Waals surface area contributed by atoms with Crippen LogP contribution >= 0.6 is 0 Å². The summed E-state index contributed by atoms with van der Waals surface area (Å²) < 4.78 is 15.7. The highest BCUT2D eigenvalue weighted by atomic mass is 16.6. The number of methoxy groups -OCH3 is 2. The third kappa shape index (κ3) is 3.45. The standard InChI is InChI=1S/C16H17NO4/c1-17(16(18)21-13-7-5-4-6-8-13)12-9-10-14(19-2)15(11-12)20-3/h4-11H,1-3H3. The van der Waals surface area contributed by atoms with E-state index in [-0.39, 0.29) is 0 Å². The Morgan fingerprint density at radius 1 is 0.952 bits per heavy atom. The molecule has 0 radical (unpaired) electrons. The Labute approximate surface area is 123 Å². The zero-order chi connectivity index (χ0) is 15.2. The Morgan fingerprint density at radius 3 is 2.24 bits per heavy atom. The molecular weight excluding hydrogens is 270 g/mol. The molecule has 5 nitrogen and oxygen atoms in total. The Morgan fingerprint density at radius 2 is 1.62 bits per heavy atom. The monoisotopic (exact) mass is 287 g/mol. The molecule has 2 rings (SSSR count). The van der Waals surface area contributed by atoms with E-state index in [1.807, 2.05) is 6.07 Å². The first-order valence-electron chi connectivity index (χ1n) is 6.38. The van der Waals surface area contributed by atoms with Crippen LogP contribution in [0.2, 0.25) is 0 Å². The molecule has 0 saturated carbocycles. The summed E-state index contributed by atoms with van der Waals surface area (Å²) in [6.45, 7) is 0. The smallest absolute Gasteiger partial charge is 0.419 e. The molecule has 2 aromatic rings. The van der Waals surface area contributed by atoms with Crippen LogP contribution in [0, 0.1) is 0 Å². The van der Waals surface area contributed by atoms with Gasteiger partial charge in [-0.2, -0.15) is 0 Å². The minimum atomic E-state index is -0.478. The van der Waals surface area contributed by atoms with E-state index in [1.165, 1.54) is 4.90 Å². The molecular formula is C16H17NO4. The van der Waals surface area contributed by atoms with Crippen LogP contribution in [-0.4, -0.2) is 27.4 Å². The SMILES string of the molecule is COc1ccc(N(C)C(=O)Oc2ccccc2)cc1OC. The van der Waals surface area contributed by atoms with E-state index in [0.29, 0.717) is 22.9 Å². The number of hydrogen-bond donors (Lipinski definition) is 0. The number of rotatable bonds is 4. The van der Waals surface area contributed by atoms with Crippen molar-refractivity contribution in [3.8, 4) is 17.2 Å². The maximum absolute atomic E-state index is 12.1. The molecule has 0 heterocycles. The fourth-order valence-electron chi connectivity index (χ4n) is 1.80. The molecule has 110 valence electrons. The number of anilines is 1. The molecule has 0 unspecified atom stereocenters. The molecule has 5 heteroatoms. The summed E-state index contributed by atoms with van der Waals surface area (Å²) in [6.07, 6.45) is -0.478. The maximum atomic E-state index is 12.1. The first-order chi connectivity index (χ1) is 10.2. The molecule has 0 aliphatic rings. The highest BCUT2D eigenvalue weighted by Crippen LogP contribution is 2.31. The summed E-state index contributed by atoms with van der Waals surface area (Å²) in [7, 11) is 4.74. The van der Waals surface area contributed by atoms with Crippen LogP contribution in [-0.2, 0) is 0 Å². The number of carbonyl (C=O) groups is 1. The van der Waals surface area contributed by atoms with Crippen molar-refractivity contribution >= 4 is 11.8 Å². The second-order valence-electron chi connectivity index (χ2n) is 4.28. The summed E-state index contributed by atoms with van der Waals surface area (Å²) in [6, 6.07) is 14.1. The first kappa shape index (κ1) is 14.7. The second kappa shape index (κ2) is 6.65. The van der Waals surface area contributed by atoms with Crippen molar-refractivity contribution in [1.82, 2.24) is 0 Å². The molecule has 21 heavy (non-hydrogen) atoms. The Hall–Kier alpha value is -2.69. The third-order valence-electron chi connectivity index (χ3n) is 2.98. The minimum Gasteiger partial charge on any atom is -0.493 e. The summed E-state index contributed by atoms with van der Waals surface area (Å²) >= 11 is 0. The predicted octanol–water partition coefficient (Wildman–Crippen LogP) is 3.34. The normalized spacial score (nSPS) is 9.86. The van der Waals surface area contributed by atoms with Gasteiger partial charge in [0.15, 0.2) is 11.5 Å². The van der Waals surface area contributed by atoms with Gasteiger partial charge in [0.25, 0.3) is 0 Å². The van der Waals surface area contributed by atoms with Crippen molar-refractivity contribution in [1.29, 1.82) is 0 Å². The van der Waals surface area contributed by atoms with E-state index in [0.717, 1.165) is 0 Å². The van der Waals surface area contributed by atoms with E-state index in [9.17, 15) is 4.79 Å². The van der Waals surface area contributed by atoms with Gasteiger partial charge in [0, 0.05) is 13.1 Å². The van der Waals surface area contributed by atoms with Gasteiger partial charge in [-0.15, -0.1) is 0 Å². The summed E-state index contributed by atoms with van der Waals surface area (Å²) in [5, 5.41) is 0. The largest absolute Gasteiger partial charge is 0.493 e. The zero-order valence-corrected chi connectivity index (χ0v) is 12.2. The summed E-state index contributed by atoms with van der Waals surface area (Å²) in [5.41, 5.74) is 0.647. The van der Waals surface area contributed by atoms with Gasteiger partial charge in [-0.3, -0.25) is 4.90 Å². The van der Waals surface area contributed by atoms with Crippen molar-refractivity contribution < 1.29 is 19.0 Å². The molecule has 1 amide bonds. The van der Waals surface area contributed by atoms with E-state index in [1.54, 1.807) is 63.7 Å². The van der Waals surface area contributed by atoms with Gasteiger partial charge in [-0.1, -0.05) is 18.2 Å². The molecule has 0 spiro atoms. The lowest BCUT2D eigenvalue weighted by atomic mass is 10.2. The lowest BCUT2D eigenvalue weighted by Gasteiger charge is -2.18. The van der Waals surface area contributed by atoms with Gasteiger partial charge in [0.1, 0.15) is 5.75 Å². The molecule has 2 aromatic carbocycles. The lowest BCUT2D eigenvalue weighted by Crippen LogP contribution is -2.29. The highest BCUT2D eigenvalue weighted by Gasteiger charge is 2.15. The van der Waals surface area contributed by atoms with Crippen LogP contribution in [0.4, 0.5) is 10.5 Å². The van der Waals surface area contributed by atoms with Gasteiger partial charge < -0.3 is 14.2 Å². The van der Waals surface area contributed by atoms with Gasteiger partial charge in [-0.05, 0) is 24.3 Å². The van der Waals surface area contributed by atoms with E-state index < -0.39 is 6.09 Å². The van der Waals surface area contributed by atoms with Gasteiger partial charge in [0.2, 0.25) is 0 Å². The maximum Gasteiger partial charge on any atom is 0.419 e. The van der Waals surface area contributed by atoms with Crippen molar-refractivity contribution in [3.63, 3.8) is 0 Å². The average Bonchev–Trinajstić information content (AvgIpc) is 2.54. The number of nitrogens with zero attached hydrogens (tertiary/aromatic N) is 1. The average molecular weight is 287 g/mol. The molecule has 0 N–H and O–H groups in total. The molecule has 0 aliphatic carbocycles. The minimum absolute atomic E-state index is 0.478. The van der Waals surface area contributed by atoms with Gasteiger partial charge >= 0.3 is 6.09 Å². The van der Waals surface area contributed by atoms with Gasteiger partial charge in [0.05, 0.1) is 19.9 Å². The van der Waals surface area contributed by atoms with E-state index in [4.69, 9.17) is 14.2 Å². The highest BCUT2D eigenvalue weighted by molar-refractivity contribution is 5.89. The number of ether oxygens (including phenoxy) is 3. The molecule has 0 atom stereocenters. The van der Waals surface area contributed by atoms with Crippen LogP contribution in [0.1, 0.15) is 0 Å². The number of carbonyl (C=O) groups excluding carboxylic acids is 1. The quantitative estimate of drug-likeness (QED) is 0.865. The number of benzene rings is 2. The lowest BCUT2D eigenvalue weighted by molar-refractivity contribution is 0.209. The fraction of sp³-hybridized carbons (Fsp3) is 0.188. The second-order valence-corrected chi connectivity index (χ2v) is 4.28. The van der Waals surface area contributed by atoms with Crippen molar-refractivity contribution in [3.05, 3.63) is 48.5 Å². The summed E-state index contributed by atoms with van der Waals surface area (Å²) in [5.74, 6) is 1.65. The number of amides is 1. The van der Waals surface area contributed by atoms with Gasteiger partial charge in [-0.25, -0.2) is 4.79 Å². The third-order valence-corrected chi connectivity index (χ3v) is 2.98. The number of hydrogen-bond acceptors (Lipinski definition) is 4. The van der Waals surface area contributed by atoms with Crippen LogP contribution in [0.15, 0.2) is 48.5 Å². The Balaban J connectivity index is 2.15. The molecule has 0 aromatic heterocycles. The van der Waals surface area contributed by atoms with Crippen LogP contribution in [0.25, 0.3) is 0 Å². The fourth-order valence-corrected chi connectivity index (χ4v) is 1.80. The molecule has 0 saturated heterocycles. The van der Waals surface area contributed by atoms with E-state index in [2.05, 4.69) is 0 Å². The Kier molecular flexibility index (Phi) is 4.66. The Bertz CT molecular complexity index is 613. The topological polar surface area (TPSA) is 48.0 Å². The zero-order valence-electron chi connectivity index (χ0n) is 12.2. The van der Waals surface area contributed by atoms with Crippen molar-refractivity contribution in [2.24, 2.45) is 0 Å². The predicted molar refractivity (Wildman–Crippen MR) is 80.4 cm³/mol. The summed E-state index contributed by atoms with van der Waals surface area (Å²) in [4.78, 5) is 13.5. The molecule has 0 aliphatic heterocycles. The van der Waals surface area contributed by atoms with E-state index >= 15 is 0 Å². The van der Waals surface area contributed by atoms with Crippen LogP contribution < -0.4 is 19.1 Å². The van der Waals surface area contributed by atoms with Crippen LogP contribution in [0.3, 0.4) is 0 Å². The van der Waals surface area contributed by atoms with Crippen molar-refractivity contribution in [2.45, 2.75) is 0 Å². The number of para-hydroxylation sites is 1.